The predicted molar refractivity (Wildman–Crippen MR) is 194 cm³/mol. The largest absolute Gasteiger partial charge is 0.454 e. The minimum atomic E-state index is -3.15. The second kappa shape index (κ2) is 13.5. The van der Waals surface area contributed by atoms with Crippen molar-refractivity contribution < 1.29 is 22.7 Å². The Labute approximate surface area is 289 Å². The summed E-state index contributed by atoms with van der Waals surface area (Å²) in [5.74, 6) is -1.76. The van der Waals surface area contributed by atoms with Gasteiger partial charge in [0.2, 0.25) is 6.79 Å². The summed E-state index contributed by atoms with van der Waals surface area (Å²) >= 11 is 0. The van der Waals surface area contributed by atoms with Gasteiger partial charge in [-0.15, -0.1) is 0 Å². The molecule has 3 atom stereocenters. The van der Waals surface area contributed by atoms with Crippen molar-refractivity contribution >= 4 is 24.4 Å². The molecule has 1 fully saturated rings. The molecule has 3 aliphatic rings. The highest BCUT2D eigenvalue weighted by atomic mass is 28.4. The molecule has 4 aromatic rings. The van der Waals surface area contributed by atoms with Crippen LogP contribution in [0, 0.1) is 0 Å². The number of nitrogens with one attached hydrogen (secondary N) is 2. The van der Waals surface area contributed by atoms with Crippen LogP contribution >= 0.6 is 0 Å². The van der Waals surface area contributed by atoms with Gasteiger partial charge in [-0.05, 0) is 82.7 Å². The van der Waals surface area contributed by atoms with Crippen molar-refractivity contribution in [3.8, 4) is 11.5 Å². The van der Waals surface area contributed by atoms with Gasteiger partial charge in [-0.25, -0.2) is 8.78 Å². The van der Waals surface area contributed by atoms with Crippen LogP contribution in [0.15, 0.2) is 97.1 Å². The molecule has 0 aromatic heterocycles. The van der Waals surface area contributed by atoms with E-state index in [9.17, 15) is 0 Å². The first kappa shape index (κ1) is 33.7. The summed E-state index contributed by atoms with van der Waals surface area (Å²) in [5.41, 5.74) is 4.07. The summed E-state index contributed by atoms with van der Waals surface area (Å²) in [6.45, 7) is 9.36. The molecule has 4 aromatic carbocycles. The maximum absolute atomic E-state index is 16.7. The Morgan fingerprint density at radius 1 is 0.898 bits per heavy atom. The Morgan fingerprint density at radius 3 is 2.12 bits per heavy atom. The molecule has 9 heteroatoms. The molecule has 6 nitrogen and oxygen atoms in total. The van der Waals surface area contributed by atoms with Crippen molar-refractivity contribution in [1.82, 2.24) is 10.2 Å². The van der Waals surface area contributed by atoms with Crippen LogP contribution in [0.4, 0.5) is 14.5 Å². The third-order valence-corrected chi connectivity index (χ3v) is 15.3. The molecule has 49 heavy (non-hydrogen) atoms. The van der Waals surface area contributed by atoms with Gasteiger partial charge in [-0.3, -0.25) is 4.90 Å². The van der Waals surface area contributed by atoms with Crippen molar-refractivity contribution in [3.63, 3.8) is 0 Å². The van der Waals surface area contributed by atoms with Crippen molar-refractivity contribution in [1.29, 1.82) is 0 Å². The smallest absolute Gasteiger partial charge is 0.282 e. The molecule has 0 saturated carbocycles. The van der Waals surface area contributed by atoms with Crippen molar-refractivity contribution in [2.24, 2.45) is 0 Å². The molecular weight excluding hydrogens is 637 g/mol. The lowest BCUT2D eigenvalue weighted by molar-refractivity contribution is -0.0818. The molecule has 1 saturated heterocycles. The molecule has 3 heterocycles. The average Bonchev–Trinajstić information content (AvgIpc) is 3.77. The number of halogens is 2. The summed E-state index contributed by atoms with van der Waals surface area (Å²) in [6, 6.07) is 32.1. The van der Waals surface area contributed by atoms with E-state index in [2.05, 4.69) is 55.7 Å². The van der Waals surface area contributed by atoms with E-state index in [4.69, 9.17) is 13.9 Å². The van der Waals surface area contributed by atoms with Crippen molar-refractivity contribution in [3.05, 3.63) is 114 Å². The molecule has 1 unspecified atom stereocenters. The molecule has 0 amide bonds. The van der Waals surface area contributed by atoms with Crippen LogP contribution < -0.4 is 30.5 Å². The maximum atomic E-state index is 16.7. The number of hydrogen-bond acceptors (Lipinski definition) is 6. The highest BCUT2D eigenvalue weighted by Gasteiger charge is 2.52. The van der Waals surface area contributed by atoms with Gasteiger partial charge in [0.1, 0.15) is 0 Å². The lowest BCUT2D eigenvalue weighted by Gasteiger charge is -2.46. The summed E-state index contributed by atoms with van der Waals surface area (Å²) in [5, 5.41) is 8.57. The molecule has 0 spiro atoms. The second-order valence-corrected chi connectivity index (χ2v) is 19.1. The molecule has 0 radical (unpaired) electrons. The van der Waals surface area contributed by atoms with E-state index < -0.39 is 38.5 Å². The molecule has 0 aliphatic carbocycles. The van der Waals surface area contributed by atoms with Crippen LogP contribution in [0.25, 0.3) is 0 Å². The number of nitrogens with zero attached hydrogens (tertiary/aromatic N) is 1. The quantitative estimate of drug-likeness (QED) is 0.181. The molecular formula is C40H47F2N3O3Si. The third kappa shape index (κ3) is 6.74. The number of alkyl halides is 2. The van der Waals surface area contributed by atoms with Gasteiger partial charge >= 0.3 is 0 Å². The number of rotatable bonds is 10. The van der Waals surface area contributed by atoms with Crippen LogP contribution in [0.3, 0.4) is 0 Å². The standard InChI is InChI=1S/C40H47F2N3O3Si/c1-28-21-30-22-36-37(47-27-46-36)23-35(30)38(29-15-17-31(18-16-29)44-32-19-20-43-24-32)45(28)25-40(41,42)26-48-49(39(2,3)4,33-11-7-5-8-12-33)34-13-9-6-10-14-34/h5-18,22-23,28,32,38,43-44H,19-21,24-27H2,1-4H3/t28-,32?,38-/m1/s1. The van der Waals surface area contributed by atoms with Crippen LogP contribution in [-0.4, -0.2) is 64.3 Å². The highest BCUT2D eigenvalue weighted by molar-refractivity contribution is 6.99. The zero-order valence-corrected chi connectivity index (χ0v) is 29.8. The minimum Gasteiger partial charge on any atom is -0.454 e. The fraction of sp³-hybridized carbons (Fsp3) is 0.400. The van der Waals surface area contributed by atoms with E-state index in [0.29, 0.717) is 24.0 Å². The number of anilines is 1. The number of fused-ring (bicyclic) bond motifs is 2. The SMILES string of the molecule is C[C@@H]1Cc2cc3c(cc2[C@@H](c2ccc(NC4CCNC4)cc2)N1CC(F)(F)CO[Si](c1ccccc1)(c1ccccc1)C(C)(C)C)OCO3. The maximum Gasteiger partial charge on any atom is 0.282 e. The number of ether oxygens (including phenoxy) is 2. The Kier molecular flexibility index (Phi) is 9.30. The summed E-state index contributed by atoms with van der Waals surface area (Å²) in [4.78, 5) is 1.96. The fourth-order valence-electron chi connectivity index (χ4n) is 7.98. The molecule has 7 rings (SSSR count). The Bertz CT molecular complexity index is 1690. The van der Waals surface area contributed by atoms with Crippen molar-refractivity contribution in [2.45, 2.75) is 69.6 Å². The average molecular weight is 684 g/mol. The van der Waals surface area contributed by atoms with E-state index in [1.165, 1.54) is 0 Å². The topological polar surface area (TPSA) is 55.0 Å². The summed E-state index contributed by atoms with van der Waals surface area (Å²) in [7, 11) is -3.15. The first-order valence-electron chi connectivity index (χ1n) is 17.4. The van der Waals surface area contributed by atoms with Crippen LogP contribution in [0.2, 0.25) is 5.04 Å². The van der Waals surface area contributed by atoms with Gasteiger partial charge in [0.15, 0.2) is 11.5 Å². The minimum absolute atomic E-state index is 0.154. The van der Waals surface area contributed by atoms with E-state index in [-0.39, 0.29) is 12.8 Å². The Morgan fingerprint density at radius 2 is 1.53 bits per heavy atom. The lowest BCUT2D eigenvalue weighted by Crippen LogP contribution is -2.67. The van der Waals surface area contributed by atoms with Gasteiger partial charge in [-0.2, -0.15) is 0 Å². The number of benzene rings is 4. The first-order valence-corrected chi connectivity index (χ1v) is 19.3. The zero-order valence-electron chi connectivity index (χ0n) is 28.8. The monoisotopic (exact) mass is 683 g/mol. The molecule has 3 aliphatic heterocycles. The van der Waals surface area contributed by atoms with Crippen LogP contribution in [0.1, 0.15) is 56.8 Å². The Balaban J connectivity index is 1.21. The summed E-state index contributed by atoms with van der Waals surface area (Å²) in [6.07, 6.45) is 1.70. The predicted octanol–water partition coefficient (Wildman–Crippen LogP) is 6.74. The fourth-order valence-corrected chi connectivity index (χ4v) is 12.6. The van der Waals surface area contributed by atoms with E-state index >= 15 is 8.78 Å². The Hall–Kier alpha value is -3.76. The van der Waals surface area contributed by atoms with Gasteiger partial charge in [-0.1, -0.05) is 93.6 Å². The zero-order chi connectivity index (χ0) is 34.2. The molecule has 0 bridgehead atoms. The van der Waals surface area contributed by atoms with Gasteiger partial charge in [0.05, 0.1) is 19.2 Å². The van der Waals surface area contributed by atoms with E-state index in [1.54, 1.807) is 0 Å². The van der Waals surface area contributed by atoms with Gasteiger partial charge < -0.3 is 24.5 Å². The third-order valence-electron chi connectivity index (χ3n) is 10.3. The summed E-state index contributed by atoms with van der Waals surface area (Å²) < 4.78 is 51.7. The van der Waals surface area contributed by atoms with E-state index in [0.717, 1.165) is 52.3 Å². The second-order valence-electron chi connectivity index (χ2n) is 14.8. The lowest BCUT2D eigenvalue weighted by atomic mass is 9.84. The van der Waals surface area contributed by atoms with Gasteiger partial charge in [0.25, 0.3) is 14.2 Å². The normalized spacial score (nSPS) is 21.1. The van der Waals surface area contributed by atoms with Gasteiger partial charge in [0, 0.05) is 24.3 Å². The molecule has 258 valence electrons. The van der Waals surface area contributed by atoms with E-state index in [1.807, 2.05) is 84.6 Å². The molecule has 2 N–H and O–H groups in total. The highest BCUT2D eigenvalue weighted by Crippen LogP contribution is 2.45. The van der Waals surface area contributed by atoms with Crippen LogP contribution in [-0.2, 0) is 10.8 Å². The number of hydrogen-bond donors (Lipinski definition) is 2. The van der Waals surface area contributed by atoms with Crippen molar-refractivity contribution in [2.75, 3.05) is 38.4 Å². The van der Waals surface area contributed by atoms with Crippen LogP contribution in [0.5, 0.6) is 11.5 Å². The first-order chi connectivity index (χ1) is 23.5.